The SMILES string of the molecule is N#CCCN(c1ccc(Cl)cc1CBr)C1CC1. The third-order valence-corrected chi connectivity index (χ3v) is 3.79. The zero-order valence-electron chi connectivity index (χ0n) is 9.50. The Labute approximate surface area is 115 Å². The molecule has 1 saturated carbocycles. The summed E-state index contributed by atoms with van der Waals surface area (Å²) in [4.78, 5) is 2.34. The van der Waals surface area contributed by atoms with Crippen LogP contribution in [0.2, 0.25) is 5.02 Å². The van der Waals surface area contributed by atoms with Crippen molar-refractivity contribution < 1.29 is 0 Å². The highest BCUT2D eigenvalue weighted by atomic mass is 79.9. The number of halogens is 2. The molecule has 4 heteroatoms. The van der Waals surface area contributed by atoms with Gasteiger partial charge in [0.15, 0.2) is 0 Å². The van der Waals surface area contributed by atoms with E-state index in [4.69, 9.17) is 16.9 Å². The van der Waals surface area contributed by atoms with Gasteiger partial charge < -0.3 is 4.90 Å². The highest BCUT2D eigenvalue weighted by Gasteiger charge is 2.29. The van der Waals surface area contributed by atoms with E-state index in [-0.39, 0.29) is 0 Å². The van der Waals surface area contributed by atoms with E-state index in [1.54, 1.807) is 0 Å². The van der Waals surface area contributed by atoms with Gasteiger partial charge in [0.25, 0.3) is 0 Å². The largest absolute Gasteiger partial charge is 0.367 e. The number of nitrogens with zero attached hydrogens (tertiary/aromatic N) is 2. The van der Waals surface area contributed by atoms with Crippen molar-refractivity contribution >= 4 is 33.2 Å². The van der Waals surface area contributed by atoms with E-state index in [1.165, 1.54) is 24.1 Å². The van der Waals surface area contributed by atoms with Crippen LogP contribution in [0.1, 0.15) is 24.8 Å². The molecular weight excluding hydrogens is 300 g/mol. The predicted octanol–water partition coefficient (Wildman–Crippen LogP) is 4.12. The number of hydrogen-bond donors (Lipinski definition) is 0. The van der Waals surface area contributed by atoms with Gasteiger partial charge in [-0.1, -0.05) is 27.5 Å². The molecule has 0 unspecified atom stereocenters. The van der Waals surface area contributed by atoms with Crippen molar-refractivity contribution in [3.8, 4) is 6.07 Å². The lowest BCUT2D eigenvalue weighted by Gasteiger charge is -2.26. The number of nitriles is 1. The highest BCUT2D eigenvalue weighted by Crippen LogP contribution is 2.35. The quantitative estimate of drug-likeness (QED) is 0.765. The zero-order valence-corrected chi connectivity index (χ0v) is 11.8. The van der Waals surface area contributed by atoms with Gasteiger partial charge in [0, 0.05) is 28.6 Å². The minimum Gasteiger partial charge on any atom is -0.367 e. The minimum atomic E-state index is 0.570. The molecule has 2 nitrogen and oxygen atoms in total. The molecular formula is C13H14BrClN2. The van der Waals surface area contributed by atoms with Gasteiger partial charge in [-0.05, 0) is 36.6 Å². The first-order valence-electron chi connectivity index (χ1n) is 5.74. The molecule has 0 saturated heterocycles. The highest BCUT2D eigenvalue weighted by molar-refractivity contribution is 9.08. The maximum absolute atomic E-state index is 8.73. The minimum absolute atomic E-state index is 0.570. The first kappa shape index (κ1) is 12.7. The molecule has 1 aromatic rings. The van der Waals surface area contributed by atoms with Crippen molar-refractivity contribution in [2.75, 3.05) is 11.4 Å². The van der Waals surface area contributed by atoms with Gasteiger partial charge in [-0.15, -0.1) is 0 Å². The zero-order chi connectivity index (χ0) is 12.3. The smallest absolute Gasteiger partial charge is 0.0640 e. The normalized spacial score (nSPS) is 14.4. The van der Waals surface area contributed by atoms with Gasteiger partial charge in [0.05, 0.1) is 12.5 Å². The van der Waals surface area contributed by atoms with Gasteiger partial charge in [-0.25, -0.2) is 0 Å². The van der Waals surface area contributed by atoms with Crippen LogP contribution in [0.4, 0.5) is 5.69 Å². The Bertz CT molecular complexity index is 438. The summed E-state index contributed by atoms with van der Waals surface area (Å²) in [5.41, 5.74) is 2.41. The summed E-state index contributed by atoms with van der Waals surface area (Å²) < 4.78 is 0. The van der Waals surface area contributed by atoms with Crippen molar-refractivity contribution in [3.63, 3.8) is 0 Å². The molecule has 0 bridgehead atoms. The second kappa shape index (κ2) is 5.75. The molecule has 1 aliphatic rings. The Morgan fingerprint density at radius 2 is 2.24 bits per heavy atom. The van der Waals surface area contributed by atoms with E-state index < -0.39 is 0 Å². The molecule has 1 fully saturated rings. The van der Waals surface area contributed by atoms with Crippen LogP contribution in [0.15, 0.2) is 18.2 Å². The molecule has 2 rings (SSSR count). The molecule has 0 spiro atoms. The molecule has 0 aliphatic heterocycles. The summed E-state index contributed by atoms with van der Waals surface area (Å²) in [6.07, 6.45) is 3.03. The lowest BCUT2D eigenvalue weighted by Crippen LogP contribution is -2.27. The van der Waals surface area contributed by atoms with E-state index in [0.717, 1.165) is 16.9 Å². The van der Waals surface area contributed by atoms with Crippen LogP contribution >= 0.6 is 27.5 Å². The summed E-state index contributed by atoms with van der Waals surface area (Å²) in [6, 6.07) is 8.81. The number of rotatable bonds is 5. The van der Waals surface area contributed by atoms with Crippen LogP contribution in [0, 0.1) is 11.3 Å². The van der Waals surface area contributed by atoms with Crippen LogP contribution in [-0.4, -0.2) is 12.6 Å². The Morgan fingerprint density at radius 3 is 2.82 bits per heavy atom. The third kappa shape index (κ3) is 3.14. The van der Waals surface area contributed by atoms with Gasteiger partial charge in [0.2, 0.25) is 0 Å². The molecule has 90 valence electrons. The van der Waals surface area contributed by atoms with Gasteiger partial charge in [-0.2, -0.15) is 5.26 Å². The maximum Gasteiger partial charge on any atom is 0.0640 e. The summed E-state index contributed by atoms with van der Waals surface area (Å²) in [5, 5.41) is 10.3. The molecule has 17 heavy (non-hydrogen) atoms. The topological polar surface area (TPSA) is 27.0 Å². The molecule has 0 radical (unpaired) electrons. The lowest BCUT2D eigenvalue weighted by atomic mass is 10.1. The summed E-state index contributed by atoms with van der Waals surface area (Å²) >= 11 is 9.51. The Balaban J connectivity index is 2.25. The Kier molecular flexibility index (Phi) is 4.31. The fraction of sp³-hybridized carbons (Fsp3) is 0.462. The summed E-state index contributed by atoms with van der Waals surface area (Å²) in [7, 11) is 0. The fourth-order valence-electron chi connectivity index (χ4n) is 2.00. The maximum atomic E-state index is 8.73. The van der Waals surface area contributed by atoms with E-state index >= 15 is 0 Å². The van der Waals surface area contributed by atoms with Crippen molar-refractivity contribution in [2.24, 2.45) is 0 Å². The number of anilines is 1. The second-order valence-electron chi connectivity index (χ2n) is 4.24. The van der Waals surface area contributed by atoms with Crippen LogP contribution in [-0.2, 0) is 5.33 Å². The average Bonchev–Trinajstić information content (AvgIpc) is 3.15. The first-order valence-corrected chi connectivity index (χ1v) is 7.24. The molecule has 0 atom stereocenters. The van der Waals surface area contributed by atoms with Crippen LogP contribution < -0.4 is 4.90 Å². The average molecular weight is 314 g/mol. The monoisotopic (exact) mass is 312 g/mol. The van der Waals surface area contributed by atoms with Gasteiger partial charge in [0.1, 0.15) is 0 Å². The van der Waals surface area contributed by atoms with E-state index in [0.29, 0.717) is 12.5 Å². The summed E-state index contributed by atoms with van der Waals surface area (Å²) in [6.45, 7) is 0.808. The van der Waals surface area contributed by atoms with Crippen molar-refractivity contribution in [2.45, 2.75) is 30.6 Å². The number of hydrogen-bond acceptors (Lipinski definition) is 2. The predicted molar refractivity (Wildman–Crippen MR) is 74.7 cm³/mol. The van der Waals surface area contributed by atoms with Crippen molar-refractivity contribution in [3.05, 3.63) is 28.8 Å². The first-order chi connectivity index (χ1) is 8.26. The van der Waals surface area contributed by atoms with Crippen LogP contribution in [0.25, 0.3) is 0 Å². The van der Waals surface area contributed by atoms with E-state index in [2.05, 4.69) is 33.0 Å². The number of benzene rings is 1. The van der Waals surface area contributed by atoms with E-state index in [9.17, 15) is 0 Å². The summed E-state index contributed by atoms with van der Waals surface area (Å²) in [5.74, 6) is 0. The van der Waals surface area contributed by atoms with Crippen molar-refractivity contribution in [1.82, 2.24) is 0 Å². The lowest BCUT2D eigenvalue weighted by molar-refractivity contribution is 0.789. The molecule has 1 aromatic carbocycles. The molecule has 0 aromatic heterocycles. The second-order valence-corrected chi connectivity index (χ2v) is 5.24. The molecule has 0 amide bonds. The Hall–Kier alpha value is -0.720. The van der Waals surface area contributed by atoms with Crippen LogP contribution in [0.5, 0.6) is 0 Å². The Morgan fingerprint density at radius 1 is 1.47 bits per heavy atom. The van der Waals surface area contributed by atoms with Crippen LogP contribution in [0.3, 0.4) is 0 Å². The standard InChI is InChI=1S/C13H14BrClN2/c14-9-10-8-11(15)2-5-13(10)17(7-1-6-16)12-3-4-12/h2,5,8,12H,1,3-4,7,9H2. The molecule has 0 N–H and O–H groups in total. The van der Waals surface area contributed by atoms with Gasteiger partial charge in [-0.3, -0.25) is 0 Å². The fourth-order valence-corrected chi connectivity index (χ4v) is 2.64. The van der Waals surface area contributed by atoms with E-state index in [1.807, 2.05) is 12.1 Å². The third-order valence-electron chi connectivity index (χ3n) is 2.95. The van der Waals surface area contributed by atoms with Crippen molar-refractivity contribution in [1.29, 1.82) is 5.26 Å². The molecule has 1 aliphatic carbocycles. The number of alkyl halides is 1. The van der Waals surface area contributed by atoms with Gasteiger partial charge >= 0.3 is 0 Å². The molecule has 0 heterocycles.